The highest BCUT2D eigenvalue weighted by Crippen LogP contribution is 2.60. The Morgan fingerprint density at radius 3 is 1.71 bits per heavy atom. The number of hydrogen-bond donors (Lipinski definition) is 0. The zero-order chi connectivity index (χ0) is 41.4. The quantitative estimate of drug-likeness (QED) is 0.176. The SMILES string of the molecule is O=S1(=O)c2ccccc2C2(c3ccccc3-c3ccccc3-c3ccc(-c4cc(-c5ccccc5)nc(-c5cnc(-c6ccccc6)nc5)n4)cc32)c2ccc3ccccc3c21. The lowest BCUT2D eigenvalue weighted by Gasteiger charge is -2.43. The third-order valence-corrected chi connectivity index (χ3v) is 14.3. The van der Waals surface area contributed by atoms with Gasteiger partial charge in [0.15, 0.2) is 11.6 Å². The summed E-state index contributed by atoms with van der Waals surface area (Å²) in [5.41, 5.74) is 11.4. The Hall–Kier alpha value is -7.87. The van der Waals surface area contributed by atoms with Crippen LogP contribution in [-0.4, -0.2) is 28.4 Å². The van der Waals surface area contributed by atoms with Crippen LogP contribution in [0.5, 0.6) is 0 Å². The lowest BCUT2D eigenvalue weighted by atomic mass is 9.62. The second-order valence-corrected chi connectivity index (χ2v) is 17.6. The molecule has 292 valence electrons. The van der Waals surface area contributed by atoms with Crippen LogP contribution in [0.25, 0.3) is 78.3 Å². The monoisotopic (exact) mass is 814 g/mol. The lowest BCUT2D eigenvalue weighted by Crippen LogP contribution is -2.38. The number of sulfone groups is 1. The van der Waals surface area contributed by atoms with Gasteiger partial charge < -0.3 is 0 Å². The van der Waals surface area contributed by atoms with E-state index in [2.05, 4.69) is 72.8 Å². The highest BCUT2D eigenvalue weighted by molar-refractivity contribution is 7.92. The fourth-order valence-electron chi connectivity index (χ4n) is 9.73. The molecule has 10 aromatic rings. The third-order valence-electron chi connectivity index (χ3n) is 12.4. The maximum atomic E-state index is 15.2. The van der Waals surface area contributed by atoms with E-state index in [0.29, 0.717) is 43.6 Å². The fraction of sp³-hybridized carbons (Fsp3) is 0.0182. The van der Waals surface area contributed by atoms with Crippen molar-refractivity contribution in [1.29, 1.82) is 0 Å². The summed E-state index contributed by atoms with van der Waals surface area (Å²) in [5, 5.41) is 1.57. The number of fused-ring (bicyclic) bond motifs is 13. The van der Waals surface area contributed by atoms with Crippen molar-refractivity contribution in [1.82, 2.24) is 19.9 Å². The maximum absolute atomic E-state index is 15.2. The van der Waals surface area contributed by atoms with Crippen LogP contribution in [0.15, 0.2) is 216 Å². The summed E-state index contributed by atoms with van der Waals surface area (Å²) in [5.74, 6) is 1.11. The van der Waals surface area contributed by atoms with E-state index in [4.69, 9.17) is 19.9 Å². The highest BCUT2D eigenvalue weighted by atomic mass is 32.2. The van der Waals surface area contributed by atoms with Gasteiger partial charge in [0.1, 0.15) is 0 Å². The topological polar surface area (TPSA) is 85.7 Å². The molecule has 3 heterocycles. The Balaban J connectivity index is 1.18. The lowest BCUT2D eigenvalue weighted by molar-refractivity contribution is 0.581. The van der Waals surface area contributed by atoms with E-state index < -0.39 is 15.3 Å². The number of rotatable bonds is 4. The number of benzene rings is 8. The summed E-state index contributed by atoms with van der Waals surface area (Å²) in [4.78, 5) is 20.5. The van der Waals surface area contributed by atoms with Crippen LogP contribution >= 0.6 is 0 Å². The molecule has 1 spiro atoms. The number of nitrogens with zero attached hydrogens (tertiary/aromatic N) is 4. The first-order valence-electron chi connectivity index (χ1n) is 20.5. The van der Waals surface area contributed by atoms with Gasteiger partial charge in [0.05, 0.1) is 32.2 Å². The van der Waals surface area contributed by atoms with Crippen LogP contribution in [0.2, 0.25) is 0 Å². The molecule has 1 aliphatic heterocycles. The van der Waals surface area contributed by atoms with Crippen molar-refractivity contribution in [2.24, 2.45) is 0 Å². The molecular weight excluding hydrogens is 781 g/mol. The van der Waals surface area contributed by atoms with Crippen molar-refractivity contribution in [2.75, 3.05) is 0 Å². The Morgan fingerprint density at radius 1 is 0.387 bits per heavy atom. The van der Waals surface area contributed by atoms with Crippen LogP contribution in [0.1, 0.15) is 22.3 Å². The van der Waals surface area contributed by atoms with Crippen molar-refractivity contribution in [3.05, 3.63) is 229 Å². The van der Waals surface area contributed by atoms with Gasteiger partial charge in [0.25, 0.3) is 0 Å². The zero-order valence-electron chi connectivity index (χ0n) is 33.1. The molecule has 1 unspecified atom stereocenters. The maximum Gasteiger partial charge on any atom is 0.207 e. The molecule has 0 saturated heterocycles. The summed E-state index contributed by atoms with van der Waals surface area (Å²) in [6.45, 7) is 0. The summed E-state index contributed by atoms with van der Waals surface area (Å²) < 4.78 is 30.3. The molecule has 12 rings (SSSR count). The predicted octanol–water partition coefficient (Wildman–Crippen LogP) is 12.3. The smallest absolute Gasteiger partial charge is 0.207 e. The summed E-state index contributed by atoms with van der Waals surface area (Å²) in [6, 6.07) is 65.0. The molecular formula is C55H34N4O2S. The minimum Gasteiger partial charge on any atom is -0.236 e. The molecule has 0 fully saturated rings. The third kappa shape index (κ3) is 5.31. The predicted molar refractivity (Wildman–Crippen MR) is 245 cm³/mol. The van der Waals surface area contributed by atoms with Crippen molar-refractivity contribution < 1.29 is 8.42 Å². The van der Waals surface area contributed by atoms with Gasteiger partial charge in [-0.3, -0.25) is 0 Å². The fourth-order valence-corrected chi connectivity index (χ4v) is 11.7. The van der Waals surface area contributed by atoms with E-state index in [1.54, 1.807) is 18.5 Å². The summed E-state index contributed by atoms with van der Waals surface area (Å²) >= 11 is 0. The molecule has 0 amide bonds. The largest absolute Gasteiger partial charge is 0.236 e. The molecule has 0 bridgehead atoms. The second kappa shape index (κ2) is 13.8. The molecule has 62 heavy (non-hydrogen) atoms. The molecule has 2 aromatic heterocycles. The molecule has 7 heteroatoms. The minimum absolute atomic E-state index is 0.301. The van der Waals surface area contributed by atoms with E-state index in [9.17, 15) is 0 Å². The molecule has 0 saturated carbocycles. The first kappa shape index (κ1) is 36.0. The van der Waals surface area contributed by atoms with E-state index in [-0.39, 0.29) is 0 Å². The van der Waals surface area contributed by atoms with Crippen LogP contribution in [-0.2, 0) is 15.3 Å². The number of hydrogen-bond acceptors (Lipinski definition) is 6. The van der Waals surface area contributed by atoms with Crippen molar-refractivity contribution in [2.45, 2.75) is 15.2 Å². The average molecular weight is 815 g/mol. The van der Waals surface area contributed by atoms with Gasteiger partial charge in [-0.25, -0.2) is 28.4 Å². The standard InChI is InChI=1S/C55H34N4O2S/c60-62(61)51-26-14-13-25-46(51)55(47-30-28-35-15-7-8-20-40(35)52(47)62)45-24-12-11-23-43(45)41-21-9-10-22-42(41)44-29-27-38(31-48(44)55)50-32-49(36-16-3-1-4-17-36)58-54(59-50)39-33-56-53(57-34-39)37-18-5-2-6-19-37/h1-34H. The van der Waals surface area contributed by atoms with Crippen molar-refractivity contribution >= 4 is 20.6 Å². The molecule has 1 aliphatic carbocycles. The van der Waals surface area contributed by atoms with Gasteiger partial charge in [-0.1, -0.05) is 176 Å². The van der Waals surface area contributed by atoms with Gasteiger partial charge in [-0.15, -0.1) is 0 Å². The van der Waals surface area contributed by atoms with E-state index in [0.717, 1.165) is 66.7 Å². The van der Waals surface area contributed by atoms with Gasteiger partial charge in [0, 0.05) is 34.5 Å². The number of aromatic nitrogens is 4. The molecule has 0 N–H and O–H groups in total. The average Bonchev–Trinajstić information content (AvgIpc) is 3.45. The molecule has 2 aliphatic rings. The van der Waals surface area contributed by atoms with Crippen molar-refractivity contribution in [3.63, 3.8) is 0 Å². The van der Waals surface area contributed by atoms with Gasteiger partial charge in [0.2, 0.25) is 9.84 Å². The molecule has 6 nitrogen and oxygen atoms in total. The molecule has 0 radical (unpaired) electrons. The Kier molecular flexibility index (Phi) is 8.04. The highest BCUT2D eigenvalue weighted by Gasteiger charge is 2.52. The van der Waals surface area contributed by atoms with Crippen LogP contribution in [0, 0.1) is 0 Å². The molecule has 8 aromatic carbocycles. The van der Waals surface area contributed by atoms with Gasteiger partial charge in [-0.05, 0) is 68.1 Å². The Bertz CT molecular complexity index is 3540. The minimum atomic E-state index is -3.98. The van der Waals surface area contributed by atoms with E-state index >= 15 is 8.42 Å². The molecule has 1 atom stereocenters. The van der Waals surface area contributed by atoms with Crippen LogP contribution < -0.4 is 0 Å². The second-order valence-electron chi connectivity index (χ2n) is 15.8. The van der Waals surface area contributed by atoms with Crippen LogP contribution in [0.4, 0.5) is 0 Å². The zero-order valence-corrected chi connectivity index (χ0v) is 34.0. The summed E-state index contributed by atoms with van der Waals surface area (Å²) in [6.07, 6.45) is 3.56. The van der Waals surface area contributed by atoms with E-state index in [1.165, 1.54) is 0 Å². The van der Waals surface area contributed by atoms with Gasteiger partial charge in [-0.2, -0.15) is 0 Å². The van der Waals surface area contributed by atoms with Crippen LogP contribution in [0.3, 0.4) is 0 Å². The Morgan fingerprint density at radius 2 is 0.968 bits per heavy atom. The van der Waals surface area contributed by atoms with E-state index in [1.807, 2.05) is 115 Å². The van der Waals surface area contributed by atoms with Gasteiger partial charge >= 0.3 is 0 Å². The van der Waals surface area contributed by atoms with Crippen molar-refractivity contribution in [3.8, 4) is 67.5 Å². The first-order valence-corrected chi connectivity index (χ1v) is 22.0. The normalized spacial score (nSPS) is 15.4. The summed E-state index contributed by atoms with van der Waals surface area (Å²) in [7, 11) is -3.98. The Labute approximate surface area is 358 Å². The first-order chi connectivity index (χ1) is 30.5.